The first-order valence-corrected chi connectivity index (χ1v) is 23.2. The Hall–Kier alpha value is -2.42. The summed E-state index contributed by atoms with van der Waals surface area (Å²) in [5.41, 5.74) is 0. The summed E-state index contributed by atoms with van der Waals surface area (Å²) in [5.74, 6) is -2.84. The van der Waals surface area contributed by atoms with Gasteiger partial charge in [-0.1, -0.05) is 193 Å². The van der Waals surface area contributed by atoms with Crippen LogP contribution in [0.5, 0.6) is 0 Å². The Morgan fingerprint density at radius 3 is 1.23 bits per heavy atom. The summed E-state index contributed by atoms with van der Waals surface area (Å²) >= 11 is 0. The summed E-state index contributed by atoms with van der Waals surface area (Å²) in [6, 6.07) is 0. The zero-order valence-corrected chi connectivity index (χ0v) is 36.7. The molecule has 0 aromatic carbocycles. The molecular formula is C47H90O9. The summed E-state index contributed by atoms with van der Waals surface area (Å²) in [5, 5.41) is 34.1. The summed E-state index contributed by atoms with van der Waals surface area (Å²) in [7, 11) is 0. The van der Waals surface area contributed by atoms with Crippen molar-refractivity contribution in [3.63, 3.8) is 0 Å². The number of aliphatic carboxylic acids is 3. The third-order valence-electron chi connectivity index (χ3n) is 9.78. The minimum absolute atomic E-state index is 0.00654. The van der Waals surface area contributed by atoms with Crippen molar-refractivity contribution in [2.75, 3.05) is 6.61 Å². The number of unbranched alkanes of at least 4 members (excludes halogenated alkanes) is 26. The highest BCUT2D eigenvalue weighted by Gasteiger charge is 2.03. The largest absolute Gasteiger partial charge is 0.481 e. The number of esters is 1. The molecule has 0 aromatic rings. The van der Waals surface area contributed by atoms with Gasteiger partial charge in [0.1, 0.15) is 0 Å². The monoisotopic (exact) mass is 799 g/mol. The van der Waals surface area contributed by atoms with Crippen molar-refractivity contribution in [3.8, 4) is 0 Å². The van der Waals surface area contributed by atoms with E-state index in [1.54, 1.807) is 0 Å². The lowest BCUT2D eigenvalue weighted by atomic mass is 10.0. The number of aliphatic hydroxyl groups excluding tert-OH is 1. The van der Waals surface area contributed by atoms with Gasteiger partial charge in [-0.15, -0.1) is 0 Å². The van der Waals surface area contributed by atoms with Gasteiger partial charge in [0.2, 0.25) is 0 Å². The zero-order chi connectivity index (χ0) is 42.2. The van der Waals surface area contributed by atoms with Gasteiger partial charge < -0.3 is 25.2 Å². The molecule has 0 radical (unpaired) electrons. The van der Waals surface area contributed by atoms with E-state index in [4.69, 9.17) is 20.1 Å². The van der Waals surface area contributed by atoms with Crippen LogP contribution in [-0.4, -0.2) is 57.0 Å². The second-order valence-electron chi connectivity index (χ2n) is 15.5. The first kappa shape index (κ1) is 57.9. The molecule has 56 heavy (non-hydrogen) atoms. The fraction of sp³-hybridized carbons (Fsp3) is 0.872. The molecule has 0 rings (SSSR count). The number of ether oxygens (including phenoxy) is 1. The minimum atomic E-state index is -1.08. The van der Waals surface area contributed by atoms with Crippen LogP contribution in [0.2, 0.25) is 0 Å². The molecule has 0 aliphatic rings. The van der Waals surface area contributed by atoms with E-state index < -0.39 is 17.9 Å². The zero-order valence-electron chi connectivity index (χ0n) is 36.7. The standard InChI is InChI=1S/C25H50O2.C18H34O3.C4H6O4/c1-3-5-7-9-10-11-12-13-14-15-16-17-18-19-20-22-24-27-25(26)23-21-8-6-4-2;1-2-3-4-11-14-17(19)15-12-9-7-5-6-8-10-13-16-18(20)21;5-3(6)1-2-4(7)8/h3-24H2,1-2H3;9,12,17,19H,2-8,10-11,13-16H2,1H3,(H,20,21);1-2H2,(H,5,6)(H,7,8)/b;12-9-;. The second kappa shape index (κ2) is 50.6. The molecule has 0 saturated carbocycles. The molecule has 9 nitrogen and oxygen atoms in total. The highest BCUT2D eigenvalue weighted by molar-refractivity contribution is 5.75. The van der Waals surface area contributed by atoms with Gasteiger partial charge in [-0.25, -0.2) is 0 Å². The highest BCUT2D eigenvalue weighted by Crippen LogP contribution is 2.14. The van der Waals surface area contributed by atoms with E-state index in [1.807, 2.05) is 0 Å². The van der Waals surface area contributed by atoms with Gasteiger partial charge in [-0.05, 0) is 44.9 Å². The molecule has 9 heteroatoms. The Balaban J connectivity index is -0.000000855. The number of rotatable bonds is 40. The van der Waals surface area contributed by atoms with Gasteiger partial charge in [0.05, 0.1) is 25.6 Å². The normalized spacial score (nSPS) is 11.4. The Bertz CT molecular complexity index is 860. The van der Waals surface area contributed by atoms with Gasteiger partial charge in [-0.2, -0.15) is 0 Å². The van der Waals surface area contributed by atoms with Gasteiger partial charge in [0.25, 0.3) is 0 Å². The molecule has 0 amide bonds. The van der Waals surface area contributed by atoms with Crippen molar-refractivity contribution in [2.45, 2.75) is 258 Å². The topological polar surface area (TPSA) is 158 Å². The van der Waals surface area contributed by atoms with E-state index in [9.17, 15) is 24.3 Å². The molecule has 0 bridgehead atoms. The SMILES string of the molecule is CCCCCCC(O)C/C=C\CCCCCCCC(=O)O.CCCCCCCCCCCCCCCCCCOC(=O)CCCCCC.O=C(O)CCC(=O)O. The maximum Gasteiger partial charge on any atom is 0.305 e. The van der Waals surface area contributed by atoms with Crippen LogP contribution < -0.4 is 0 Å². The van der Waals surface area contributed by atoms with Gasteiger partial charge in [0, 0.05) is 12.8 Å². The van der Waals surface area contributed by atoms with Gasteiger partial charge in [-0.3, -0.25) is 19.2 Å². The van der Waals surface area contributed by atoms with E-state index in [-0.39, 0.29) is 24.9 Å². The number of allylic oxidation sites excluding steroid dienone is 1. The predicted molar refractivity (Wildman–Crippen MR) is 232 cm³/mol. The second-order valence-corrected chi connectivity index (χ2v) is 15.5. The molecule has 0 aromatic heterocycles. The first-order chi connectivity index (χ1) is 27.1. The molecule has 0 aliphatic carbocycles. The Kier molecular flexibility index (Phi) is 52.3. The van der Waals surface area contributed by atoms with Gasteiger partial charge in [0.15, 0.2) is 0 Å². The number of carbonyl (C=O) groups is 4. The maximum absolute atomic E-state index is 11.5. The van der Waals surface area contributed by atoms with Crippen LogP contribution in [0.15, 0.2) is 12.2 Å². The number of hydrogen-bond acceptors (Lipinski definition) is 6. The molecule has 1 unspecified atom stereocenters. The third-order valence-corrected chi connectivity index (χ3v) is 9.78. The molecule has 4 N–H and O–H groups in total. The van der Waals surface area contributed by atoms with Crippen molar-refractivity contribution >= 4 is 23.9 Å². The smallest absolute Gasteiger partial charge is 0.305 e. The molecule has 332 valence electrons. The number of carboxylic acid groups (broad SMARTS) is 3. The van der Waals surface area contributed by atoms with Crippen molar-refractivity contribution in [1.82, 2.24) is 0 Å². The Morgan fingerprint density at radius 2 is 0.786 bits per heavy atom. The van der Waals surface area contributed by atoms with E-state index in [0.717, 1.165) is 70.6 Å². The average molecular weight is 799 g/mol. The van der Waals surface area contributed by atoms with Crippen LogP contribution in [0.3, 0.4) is 0 Å². The predicted octanol–water partition coefficient (Wildman–Crippen LogP) is 13.8. The van der Waals surface area contributed by atoms with Crippen LogP contribution >= 0.6 is 0 Å². The van der Waals surface area contributed by atoms with Crippen molar-refractivity contribution in [1.29, 1.82) is 0 Å². The molecule has 0 spiro atoms. The molecule has 0 heterocycles. The molecular weight excluding hydrogens is 709 g/mol. The van der Waals surface area contributed by atoms with Crippen molar-refractivity contribution < 1.29 is 44.3 Å². The average Bonchev–Trinajstić information content (AvgIpc) is 3.16. The number of aliphatic hydroxyl groups is 1. The minimum Gasteiger partial charge on any atom is -0.481 e. The highest BCUT2D eigenvalue weighted by atomic mass is 16.5. The van der Waals surface area contributed by atoms with E-state index >= 15 is 0 Å². The van der Waals surface area contributed by atoms with Crippen molar-refractivity contribution in [3.05, 3.63) is 12.2 Å². The maximum atomic E-state index is 11.5. The fourth-order valence-corrected chi connectivity index (χ4v) is 6.18. The molecule has 1 atom stereocenters. The van der Waals surface area contributed by atoms with E-state index in [2.05, 4.69) is 32.9 Å². The number of hydrogen-bond donors (Lipinski definition) is 4. The Labute approximate surface area is 344 Å². The third kappa shape index (κ3) is 60.8. The quantitative estimate of drug-likeness (QED) is 0.0269. The Morgan fingerprint density at radius 1 is 0.429 bits per heavy atom. The van der Waals surface area contributed by atoms with Gasteiger partial charge >= 0.3 is 23.9 Å². The summed E-state index contributed by atoms with van der Waals surface area (Å²) in [6.07, 6.45) is 44.0. The lowest BCUT2D eigenvalue weighted by molar-refractivity contribution is -0.144. The molecule has 0 aliphatic heterocycles. The lowest BCUT2D eigenvalue weighted by Gasteiger charge is -2.07. The van der Waals surface area contributed by atoms with E-state index in [1.165, 1.54) is 135 Å². The summed E-state index contributed by atoms with van der Waals surface area (Å²) in [4.78, 5) is 41.2. The first-order valence-electron chi connectivity index (χ1n) is 23.2. The van der Waals surface area contributed by atoms with Crippen LogP contribution in [0.25, 0.3) is 0 Å². The van der Waals surface area contributed by atoms with Crippen LogP contribution in [0, 0.1) is 0 Å². The summed E-state index contributed by atoms with van der Waals surface area (Å²) in [6.45, 7) is 7.31. The fourth-order valence-electron chi connectivity index (χ4n) is 6.18. The van der Waals surface area contributed by atoms with E-state index in [0.29, 0.717) is 19.4 Å². The number of carbonyl (C=O) groups excluding carboxylic acids is 1. The van der Waals surface area contributed by atoms with Crippen LogP contribution in [0.4, 0.5) is 0 Å². The van der Waals surface area contributed by atoms with Crippen LogP contribution in [-0.2, 0) is 23.9 Å². The number of carboxylic acids is 3. The van der Waals surface area contributed by atoms with Crippen molar-refractivity contribution in [2.24, 2.45) is 0 Å². The molecule has 0 saturated heterocycles. The summed E-state index contributed by atoms with van der Waals surface area (Å²) < 4.78 is 5.30. The van der Waals surface area contributed by atoms with Crippen LogP contribution in [0.1, 0.15) is 252 Å². The lowest BCUT2D eigenvalue weighted by Crippen LogP contribution is -2.05. The molecule has 0 fully saturated rings.